The molecule has 0 heterocycles. The van der Waals surface area contributed by atoms with Gasteiger partial charge in [0.05, 0.1) is 19.8 Å². The minimum absolute atomic E-state index is 0.0178. The molecule has 7 heteroatoms. The number of methoxy groups -OCH3 is 1. The molecular formula is C8H16F3NO2S. The average molecular weight is 247 g/mol. The maximum Gasteiger partial charge on any atom is 0.441 e. The molecule has 0 spiro atoms. The van der Waals surface area contributed by atoms with Gasteiger partial charge in [-0.05, 0) is 11.8 Å². The summed E-state index contributed by atoms with van der Waals surface area (Å²) in [4.78, 5) is 0. The summed E-state index contributed by atoms with van der Waals surface area (Å²) in [6.45, 7) is 2.42. The van der Waals surface area contributed by atoms with E-state index in [0.29, 0.717) is 32.9 Å². The van der Waals surface area contributed by atoms with Gasteiger partial charge in [-0.25, -0.2) is 0 Å². The van der Waals surface area contributed by atoms with E-state index in [9.17, 15) is 13.2 Å². The van der Waals surface area contributed by atoms with Gasteiger partial charge in [0.25, 0.3) is 0 Å². The monoisotopic (exact) mass is 247 g/mol. The number of thioether (sulfide) groups is 1. The Morgan fingerprint density at radius 3 is 2.47 bits per heavy atom. The largest absolute Gasteiger partial charge is 0.441 e. The van der Waals surface area contributed by atoms with Crippen molar-refractivity contribution in [2.24, 2.45) is 0 Å². The first-order valence-corrected chi connectivity index (χ1v) is 5.53. The van der Waals surface area contributed by atoms with Crippen LogP contribution in [0, 0.1) is 0 Å². The SMILES string of the molecule is COCCOCCNCCSC(F)(F)F. The molecule has 0 amide bonds. The number of rotatable bonds is 9. The van der Waals surface area contributed by atoms with Crippen LogP contribution in [0.1, 0.15) is 0 Å². The van der Waals surface area contributed by atoms with Crippen LogP contribution in [0.5, 0.6) is 0 Å². The normalized spacial score (nSPS) is 12.0. The Morgan fingerprint density at radius 1 is 1.13 bits per heavy atom. The van der Waals surface area contributed by atoms with Gasteiger partial charge in [-0.3, -0.25) is 0 Å². The number of halogens is 3. The van der Waals surface area contributed by atoms with E-state index in [2.05, 4.69) is 5.32 Å². The molecule has 0 aromatic heterocycles. The Kier molecular flexibility index (Phi) is 9.27. The van der Waals surface area contributed by atoms with E-state index in [1.54, 1.807) is 7.11 Å². The summed E-state index contributed by atoms with van der Waals surface area (Å²) in [6.07, 6.45) is 0. The van der Waals surface area contributed by atoms with Crippen molar-refractivity contribution in [3.8, 4) is 0 Å². The molecule has 3 nitrogen and oxygen atoms in total. The summed E-state index contributed by atoms with van der Waals surface area (Å²) < 4.78 is 44.9. The Labute approximate surface area is 91.7 Å². The van der Waals surface area contributed by atoms with Gasteiger partial charge < -0.3 is 14.8 Å². The summed E-state index contributed by atoms with van der Waals surface area (Å²) in [5.41, 5.74) is -4.13. The van der Waals surface area contributed by atoms with Gasteiger partial charge >= 0.3 is 5.51 Å². The molecule has 0 rings (SSSR count). The van der Waals surface area contributed by atoms with Crippen molar-refractivity contribution in [3.05, 3.63) is 0 Å². The second-order valence-corrected chi connectivity index (χ2v) is 3.81. The van der Waals surface area contributed by atoms with Crippen molar-refractivity contribution in [1.29, 1.82) is 0 Å². The van der Waals surface area contributed by atoms with E-state index < -0.39 is 5.51 Å². The molecule has 0 aromatic rings. The van der Waals surface area contributed by atoms with Gasteiger partial charge in [-0.15, -0.1) is 0 Å². The molecule has 92 valence electrons. The van der Waals surface area contributed by atoms with Crippen LogP contribution in [0.4, 0.5) is 13.2 Å². The first-order chi connectivity index (χ1) is 7.06. The van der Waals surface area contributed by atoms with E-state index in [-0.39, 0.29) is 17.5 Å². The molecule has 1 N–H and O–H groups in total. The van der Waals surface area contributed by atoms with Gasteiger partial charge in [-0.2, -0.15) is 13.2 Å². The molecule has 0 radical (unpaired) electrons. The van der Waals surface area contributed by atoms with E-state index in [0.717, 1.165) is 0 Å². The third-order valence-corrected chi connectivity index (χ3v) is 2.14. The molecule has 0 unspecified atom stereocenters. The Balaban J connectivity index is 2.99. The second kappa shape index (κ2) is 9.26. The fourth-order valence-electron chi connectivity index (χ4n) is 0.753. The lowest BCUT2D eigenvalue weighted by Crippen LogP contribution is -2.23. The lowest BCUT2D eigenvalue weighted by atomic mass is 10.6. The smallest absolute Gasteiger partial charge is 0.382 e. The highest BCUT2D eigenvalue weighted by molar-refractivity contribution is 8.00. The molecule has 0 aromatic carbocycles. The maximum atomic E-state index is 11.7. The highest BCUT2D eigenvalue weighted by Crippen LogP contribution is 2.29. The molecular weight excluding hydrogens is 231 g/mol. The number of hydrogen-bond donors (Lipinski definition) is 1. The fraction of sp³-hybridized carbons (Fsp3) is 1.00. The summed E-state index contributed by atoms with van der Waals surface area (Å²) in [6, 6.07) is 0. The lowest BCUT2D eigenvalue weighted by Gasteiger charge is -2.07. The predicted molar refractivity (Wildman–Crippen MR) is 54.1 cm³/mol. The van der Waals surface area contributed by atoms with Crippen LogP contribution in [-0.4, -0.2) is 51.3 Å². The van der Waals surface area contributed by atoms with Crippen molar-refractivity contribution in [2.75, 3.05) is 45.8 Å². The minimum Gasteiger partial charge on any atom is -0.382 e. The topological polar surface area (TPSA) is 30.5 Å². The molecule has 0 aliphatic rings. The van der Waals surface area contributed by atoms with Gasteiger partial charge in [0.2, 0.25) is 0 Å². The quantitative estimate of drug-likeness (QED) is 0.625. The predicted octanol–water partition coefficient (Wildman–Crippen LogP) is 1.49. The zero-order chi connectivity index (χ0) is 11.6. The first-order valence-electron chi connectivity index (χ1n) is 4.54. The van der Waals surface area contributed by atoms with Crippen LogP contribution in [0.2, 0.25) is 0 Å². The summed E-state index contributed by atoms with van der Waals surface area (Å²) in [7, 11) is 1.58. The molecule has 0 fully saturated rings. The highest BCUT2D eigenvalue weighted by Gasteiger charge is 2.27. The number of nitrogens with one attached hydrogen (secondary N) is 1. The van der Waals surface area contributed by atoms with Crippen LogP contribution < -0.4 is 5.32 Å². The minimum atomic E-state index is -4.13. The van der Waals surface area contributed by atoms with Crippen LogP contribution in [0.15, 0.2) is 0 Å². The number of hydrogen-bond acceptors (Lipinski definition) is 4. The zero-order valence-electron chi connectivity index (χ0n) is 8.60. The molecule has 15 heavy (non-hydrogen) atoms. The molecule has 0 atom stereocenters. The van der Waals surface area contributed by atoms with Gasteiger partial charge in [0.1, 0.15) is 0 Å². The molecule has 0 aliphatic heterocycles. The van der Waals surface area contributed by atoms with Crippen molar-refractivity contribution >= 4 is 11.8 Å². The van der Waals surface area contributed by atoms with E-state index in [1.165, 1.54) is 0 Å². The maximum absolute atomic E-state index is 11.7. The van der Waals surface area contributed by atoms with Crippen LogP contribution in [-0.2, 0) is 9.47 Å². The highest BCUT2D eigenvalue weighted by atomic mass is 32.2. The fourth-order valence-corrected chi connectivity index (χ4v) is 1.23. The van der Waals surface area contributed by atoms with Gasteiger partial charge in [0.15, 0.2) is 0 Å². The molecule has 0 saturated carbocycles. The standard InChI is InChI=1S/C8H16F3NO2S/c1-13-5-6-14-4-2-12-3-7-15-8(9,10)11/h12H,2-7H2,1H3. The third kappa shape index (κ3) is 14.0. The van der Waals surface area contributed by atoms with Gasteiger partial charge in [-0.1, -0.05) is 0 Å². The number of ether oxygens (including phenoxy) is 2. The molecule has 0 bridgehead atoms. The van der Waals surface area contributed by atoms with Crippen molar-refractivity contribution < 1.29 is 22.6 Å². The summed E-state index contributed by atoms with van der Waals surface area (Å²) >= 11 is -0.0178. The van der Waals surface area contributed by atoms with Crippen molar-refractivity contribution in [1.82, 2.24) is 5.32 Å². The summed E-state index contributed by atoms with van der Waals surface area (Å²) in [5.74, 6) is 0.0293. The number of alkyl halides is 3. The third-order valence-electron chi connectivity index (χ3n) is 1.40. The van der Waals surface area contributed by atoms with Crippen LogP contribution >= 0.6 is 11.8 Å². The second-order valence-electron chi connectivity index (χ2n) is 2.65. The van der Waals surface area contributed by atoms with E-state index in [4.69, 9.17) is 9.47 Å². The molecule has 0 aliphatic carbocycles. The lowest BCUT2D eigenvalue weighted by molar-refractivity contribution is -0.0327. The van der Waals surface area contributed by atoms with Crippen molar-refractivity contribution in [3.63, 3.8) is 0 Å². The van der Waals surface area contributed by atoms with Crippen LogP contribution in [0.25, 0.3) is 0 Å². The van der Waals surface area contributed by atoms with Crippen LogP contribution in [0.3, 0.4) is 0 Å². The molecule has 0 saturated heterocycles. The van der Waals surface area contributed by atoms with Gasteiger partial charge in [0, 0.05) is 26.0 Å². The Bertz CT molecular complexity index is 146. The summed E-state index contributed by atoms with van der Waals surface area (Å²) in [5, 5.41) is 2.85. The Morgan fingerprint density at radius 2 is 1.87 bits per heavy atom. The Hall–Kier alpha value is 0.0200. The average Bonchev–Trinajstić information content (AvgIpc) is 2.14. The van der Waals surface area contributed by atoms with E-state index >= 15 is 0 Å². The van der Waals surface area contributed by atoms with Crippen molar-refractivity contribution in [2.45, 2.75) is 5.51 Å². The zero-order valence-corrected chi connectivity index (χ0v) is 9.42. The van der Waals surface area contributed by atoms with E-state index in [1.807, 2.05) is 0 Å². The first kappa shape index (κ1) is 15.0.